The highest BCUT2D eigenvalue weighted by atomic mass is 32.2. The molecule has 0 radical (unpaired) electrons. The molecule has 1 aromatic carbocycles. The van der Waals surface area contributed by atoms with E-state index in [2.05, 4.69) is 11.4 Å². The lowest BCUT2D eigenvalue weighted by Crippen LogP contribution is -1.91. The van der Waals surface area contributed by atoms with Crippen LogP contribution >= 0.6 is 23.1 Å². The summed E-state index contributed by atoms with van der Waals surface area (Å²) in [4.78, 5) is 10.6. The molecule has 1 heterocycles. The maximum atomic E-state index is 10.6. The highest BCUT2D eigenvalue weighted by Gasteiger charge is 2.04. The van der Waals surface area contributed by atoms with Gasteiger partial charge in [0.15, 0.2) is 0 Å². The minimum Gasteiger partial charge on any atom is -0.496 e. The van der Waals surface area contributed by atoms with Gasteiger partial charge in [0, 0.05) is 17.4 Å². The van der Waals surface area contributed by atoms with Gasteiger partial charge in [0.2, 0.25) is 0 Å². The summed E-state index contributed by atoms with van der Waals surface area (Å²) in [5, 5.41) is 10.8. The van der Waals surface area contributed by atoms with Crippen LogP contribution in [0.2, 0.25) is 0 Å². The second kappa shape index (κ2) is 7.17. The second-order valence-corrected chi connectivity index (χ2v) is 6.19. The Bertz CT molecular complexity index is 604. The first-order valence-electron chi connectivity index (χ1n) is 5.93. The van der Waals surface area contributed by atoms with E-state index in [0.717, 1.165) is 23.0 Å². The van der Waals surface area contributed by atoms with Gasteiger partial charge in [0.25, 0.3) is 0 Å². The first-order chi connectivity index (χ1) is 9.69. The predicted octanol–water partition coefficient (Wildman–Crippen LogP) is 4.15. The summed E-state index contributed by atoms with van der Waals surface area (Å²) in [6.45, 7) is 0. The minimum atomic E-state index is -0.967. The minimum absolute atomic E-state index is 0.673. The first-order valence-corrected chi connectivity index (χ1v) is 7.80. The lowest BCUT2D eigenvalue weighted by molar-refractivity contribution is -0.131. The Morgan fingerprint density at radius 2 is 2.30 bits per heavy atom. The van der Waals surface area contributed by atoms with Crippen molar-refractivity contribution < 1.29 is 14.6 Å². The van der Waals surface area contributed by atoms with Crippen LogP contribution < -0.4 is 4.74 Å². The molecular weight excluding hydrogens is 292 g/mol. The van der Waals surface area contributed by atoms with E-state index in [-0.39, 0.29) is 0 Å². The predicted molar refractivity (Wildman–Crippen MR) is 83.5 cm³/mol. The van der Waals surface area contributed by atoms with Crippen LogP contribution in [-0.2, 0) is 10.5 Å². The molecule has 1 N–H and O–H groups in total. The van der Waals surface area contributed by atoms with Crippen LogP contribution in [0.3, 0.4) is 0 Å². The summed E-state index contributed by atoms with van der Waals surface area (Å²) >= 11 is 3.48. The Balaban J connectivity index is 2.14. The Kier molecular flexibility index (Phi) is 5.26. The van der Waals surface area contributed by atoms with Crippen LogP contribution in [0.15, 0.2) is 46.0 Å². The van der Waals surface area contributed by atoms with Gasteiger partial charge < -0.3 is 9.84 Å². The molecule has 3 nitrogen and oxygen atoms in total. The number of thioether (sulfide) groups is 1. The van der Waals surface area contributed by atoms with Gasteiger partial charge in [-0.05, 0) is 35.2 Å². The molecule has 2 rings (SSSR count). The van der Waals surface area contributed by atoms with Crippen molar-refractivity contribution >= 4 is 35.1 Å². The summed E-state index contributed by atoms with van der Waals surface area (Å²) in [6.07, 6.45) is 2.68. The molecule has 0 aliphatic rings. The first kappa shape index (κ1) is 14.7. The molecule has 0 saturated carbocycles. The van der Waals surface area contributed by atoms with Gasteiger partial charge in [0.1, 0.15) is 5.75 Å². The normalized spacial score (nSPS) is 10.8. The van der Waals surface area contributed by atoms with Gasteiger partial charge in [-0.25, -0.2) is 4.79 Å². The third-order valence-electron chi connectivity index (χ3n) is 2.58. The second-order valence-electron chi connectivity index (χ2n) is 3.97. The van der Waals surface area contributed by atoms with Gasteiger partial charge in [-0.1, -0.05) is 12.1 Å². The zero-order valence-corrected chi connectivity index (χ0v) is 12.5. The summed E-state index contributed by atoms with van der Waals surface area (Å²) in [5.74, 6) is 0.552. The van der Waals surface area contributed by atoms with Crippen molar-refractivity contribution in [2.24, 2.45) is 0 Å². The molecule has 0 bridgehead atoms. The molecule has 0 atom stereocenters. The topological polar surface area (TPSA) is 46.5 Å². The summed E-state index contributed by atoms with van der Waals surface area (Å²) in [6, 6.07) is 9.94. The van der Waals surface area contributed by atoms with E-state index < -0.39 is 5.97 Å². The van der Waals surface area contributed by atoms with Crippen molar-refractivity contribution in [1.29, 1.82) is 0 Å². The van der Waals surface area contributed by atoms with Crippen molar-refractivity contribution in [2.45, 2.75) is 9.96 Å². The number of thiophene rings is 1. The molecular formula is C15H14O3S2. The number of aliphatic carboxylic acids is 1. The number of methoxy groups -OCH3 is 1. The zero-order chi connectivity index (χ0) is 14.4. The molecule has 0 amide bonds. The number of hydrogen-bond acceptors (Lipinski definition) is 4. The van der Waals surface area contributed by atoms with Gasteiger partial charge in [0.05, 0.1) is 11.3 Å². The number of rotatable bonds is 6. The highest BCUT2D eigenvalue weighted by molar-refractivity contribution is 8.00. The van der Waals surface area contributed by atoms with E-state index >= 15 is 0 Å². The molecule has 0 unspecified atom stereocenters. The van der Waals surface area contributed by atoms with Crippen LogP contribution in [0, 0.1) is 0 Å². The fourth-order valence-corrected chi connectivity index (χ4v) is 3.39. The number of carboxylic acids is 1. The van der Waals surface area contributed by atoms with E-state index in [1.807, 2.05) is 24.3 Å². The highest BCUT2D eigenvalue weighted by Crippen LogP contribution is 2.29. The Morgan fingerprint density at radius 3 is 2.95 bits per heavy atom. The van der Waals surface area contributed by atoms with E-state index in [0.29, 0.717) is 5.75 Å². The number of ether oxygens (including phenoxy) is 1. The molecule has 0 aliphatic heterocycles. The van der Waals surface area contributed by atoms with Gasteiger partial charge >= 0.3 is 5.97 Å². The molecule has 2 aromatic rings. The fourth-order valence-electron chi connectivity index (χ4n) is 1.66. The SMILES string of the molecule is COc1ccc(CSc2cccs2)cc1C=CC(=O)O. The third kappa shape index (κ3) is 4.15. The number of benzene rings is 1. The monoisotopic (exact) mass is 306 g/mol. The van der Waals surface area contributed by atoms with Crippen molar-refractivity contribution in [3.05, 3.63) is 52.9 Å². The zero-order valence-electron chi connectivity index (χ0n) is 10.9. The molecule has 104 valence electrons. The number of carboxylic acid groups (broad SMARTS) is 1. The molecule has 0 aliphatic carbocycles. The summed E-state index contributed by atoms with van der Waals surface area (Å²) in [7, 11) is 1.58. The van der Waals surface area contributed by atoms with Crippen molar-refractivity contribution in [3.8, 4) is 5.75 Å². The number of hydrogen-bond donors (Lipinski definition) is 1. The average Bonchev–Trinajstić information content (AvgIpc) is 2.96. The van der Waals surface area contributed by atoms with Crippen molar-refractivity contribution in [1.82, 2.24) is 0 Å². The molecule has 0 fully saturated rings. The van der Waals surface area contributed by atoms with Crippen LogP contribution in [0.1, 0.15) is 11.1 Å². The maximum absolute atomic E-state index is 10.6. The van der Waals surface area contributed by atoms with E-state index in [1.54, 1.807) is 36.3 Å². The Hall–Kier alpha value is -1.72. The molecule has 0 spiro atoms. The largest absolute Gasteiger partial charge is 0.496 e. The summed E-state index contributed by atoms with van der Waals surface area (Å²) < 4.78 is 6.50. The van der Waals surface area contributed by atoms with E-state index in [1.165, 1.54) is 4.21 Å². The lowest BCUT2D eigenvalue weighted by atomic mass is 10.1. The van der Waals surface area contributed by atoms with Gasteiger partial charge in [-0.2, -0.15) is 0 Å². The molecule has 0 saturated heterocycles. The quantitative estimate of drug-likeness (QED) is 0.643. The van der Waals surface area contributed by atoms with Crippen LogP contribution in [-0.4, -0.2) is 18.2 Å². The average molecular weight is 306 g/mol. The van der Waals surface area contributed by atoms with Crippen molar-refractivity contribution in [3.63, 3.8) is 0 Å². The smallest absolute Gasteiger partial charge is 0.328 e. The van der Waals surface area contributed by atoms with E-state index in [4.69, 9.17) is 9.84 Å². The third-order valence-corrected chi connectivity index (χ3v) is 4.78. The molecule has 1 aromatic heterocycles. The van der Waals surface area contributed by atoms with Crippen LogP contribution in [0.25, 0.3) is 6.08 Å². The van der Waals surface area contributed by atoms with E-state index in [9.17, 15) is 4.79 Å². The van der Waals surface area contributed by atoms with Crippen LogP contribution in [0.4, 0.5) is 0 Å². The van der Waals surface area contributed by atoms with Gasteiger partial charge in [-0.15, -0.1) is 23.1 Å². The van der Waals surface area contributed by atoms with Crippen molar-refractivity contribution in [2.75, 3.05) is 7.11 Å². The Morgan fingerprint density at radius 1 is 1.45 bits per heavy atom. The molecule has 5 heteroatoms. The fraction of sp³-hybridized carbons (Fsp3) is 0.133. The lowest BCUT2D eigenvalue weighted by Gasteiger charge is -2.07. The maximum Gasteiger partial charge on any atom is 0.328 e. The van der Waals surface area contributed by atoms with Gasteiger partial charge in [-0.3, -0.25) is 0 Å². The number of carbonyl (C=O) groups is 1. The standard InChI is InChI=1S/C15H14O3S2/c1-18-13-6-4-11(9-12(13)5-7-14(16)17)10-20-15-3-2-8-19-15/h2-9H,10H2,1H3,(H,16,17). The Labute approximate surface area is 125 Å². The van der Waals surface area contributed by atoms with Crippen LogP contribution in [0.5, 0.6) is 5.75 Å². The summed E-state index contributed by atoms with van der Waals surface area (Å²) in [5.41, 5.74) is 1.91. The molecule has 20 heavy (non-hydrogen) atoms.